The van der Waals surface area contributed by atoms with Gasteiger partial charge in [-0.05, 0) is 19.1 Å². The minimum absolute atomic E-state index is 0.0904. The van der Waals surface area contributed by atoms with Gasteiger partial charge in [0.1, 0.15) is 0 Å². The normalized spacial score (nSPS) is 10.2. The lowest BCUT2D eigenvalue weighted by molar-refractivity contribution is -0.132. The highest BCUT2D eigenvalue weighted by molar-refractivity contribution is 7.14. The molecule has 0 aliphatic heterocycles. The Balaban J connectivity index is 1.89. The number of carbonyl (C=O) groups is 2. The highest BCUT2D eigenvalue weighted by Gasteiger charge is 2.12. The molecule has 0 bridgehead atoms. The van der Waals surface area contributed by atoms with Crippen molar-refractivity contribution in [2.75, 3.05) is 11.9 Å². The van der Waals surface area contributed by atoms with Crippen LogP contribution in [0.1, 0.15) is 23.2 Å². The summed E-state index contributed by atoms with van der Waals surface area (Å²) >= 11 is 1.24. The van der Waals surface area contributed by atoms with Crippen molar-refractivity contribution in [1.29, 1.82) is 0 Å². The predicted molar refractivity (Wildman–Crippen MR) is 72.2 cm³/mol. The van der Waals surface area contributed by atoms with Gasteiger partial charge in [0, 0.05) is 5.38 Å². The number of aromatic nitrogens is 1. The van der Waals surface area contributed by atoms with Gasteiger partial charge >= 0.3 is 0 Å². The number of hydrogen-bond donors (Lipinski definition) is 2. The first kappa shape index (κ1) is 14.2. The second-order valence-electron chi connectivity index (χ2n) is 3.71. The smallest absolute Gasteiger partial charge is 0.293 e. The number of furan rings is 1. The van der Waals surface area contributed by atoms with Crippen LogP contribution in [-0.2, 0) is 16.1 Å². The third kappa shape index (κ3) is 3.90. The molecular weight excluding hydrogens is 282 g/mol. The average Bonchev–Trinajstić information content (AvgIpc) is 3.08. The number of nitrogens with one attached hydrogen (secondary N) is 2. The van der Waals surface area contributed by atoms with E-state index in [4.69, 9.17) is 9.25 Å². The van der Waals surface area contributed by atoms with E-state index >= 15 is 0 Å². The lowest BCUT2D eigenvalue weighted by atomic mass is 10.3. The number of amides is 2. The monoisotopic (exact) mass is 295 g/mol. The van der Waals surface area contributed by atoms with Gasteiger partial charge in [-0.1, -0.05) is 0 Å². The number of hydrogen-bond acceptors (Lipinski definition) is 6. The lowest BCUT2D eigenvalue weighted by Crippen LogP contribution is -2.25. The lowest BCUT2D eigenvalue weighted by Gasteiger charge is -2.01. The summed E-state index contributed by atoms with van der Waals surface area (Å²) in [6.45, 7) is 2.17. The minimum atomic E-state index is -0.380. The molecule has 0 radical (unpaired) electrons. The van der Waals surface area contributed by atoms with E-state index in [1.165, 1.54) is 17.6 Å². The van der Waals surface area contributed by atoms with Crippen molar-refractivity contribution in [3.63, 3.8) is 0 Å². The molecule has 20 heavy (non-hydrogen) atoms. The van der Waals surface area contributed by atoms with Crippen LogP contribution >= 0.6 is 11.3 Å². The number of nitrogens with zero attached hydrogens (tertiary/aromatic N) is 1. The molecule has 0 aromatic carbocycles. The summed E-state index contributed by atoms with van der Waals surface area (Å²) in [6, 6.07) is 3.18. The molecular formula is C12H13N3O4S. The highest BCUT2D eigenvalue weighted by atomic mass is 32.1. The van der Waals surface area contributed by atoms with Crippen molar-refractivity contribution in [3.05, 3.63) is 35.2 Å². The molecule has 2 N–H and O–H groups in total. The van der Waals surface area contributed by atoms with Gasteiger partial charge in [0.2, 0.25) is 5.91 Å². The Morgan fingerprint density at radius 2 is 2.35 bits per heavy atom. The van der Waals surface area contributed by atoms with E-state index in [-0.39, 0.29) is 24.0 Å². The topological polar surface area (TPSA) is 93.5 Å². The van der Waals surface area contributed by atoms with Gasteiger partial charge in [0.25, 0.3) is 5.91 Å². The molecule has 0 spiro atoms. The van der Waals surface area contributed by atoms with Crippen LogP contribution in [0.25, 0.3) is 0 Å². The second kappa shape index (κ2) is 6.83. The fraction of sp³-hybridized carbons (Fsp3) is 0.250. The third-order valence-electron chi connectivity index (χ3n) is 2.19. The molecule has 2 aromatic rings. The van der Waals surface area contributed by atoms with E-state index in [1.54, 1.807) is 24.4 Å². The maximum Gasteiger partial charge on any atom is 0.293 e. The first-order valence-corrected chi connectivity index (χ1v) is 6.77. The zero-order chi connectivity index (χ0) is 14.4. The Hall–Kier alpha value is -2.19. The molecule has 0 aliphatic carbocycles. The molecule has 0 aliphatic rings. The SMILES string of the molecule is CCONC(=O)Cc1csc(NC(=O)c2ccco2)n1. The van der Waals surface area contributed by atoms with Crippen LogP contribution in [0.5, 0.6) is 0 Å². The summed E-state index contributed by atoms with van der Waals surface area (Å²) < 4.78 is 4.97. The maximum absolute atomic E-state index is 11.7. The van der Waals surface area contributed by atoms with Crippen molar-refractivity contribution >= 4 is 28.3 Å². The van der Waals surface area contributed by atoms with E-state index in [9.17, 15) is 9.59 Å². The molecule has 8 heteroatoms. The molecule has 2 rings (SSSR count). The van der Waals surface area contributed by atoms with Gasteiger partial charge in [0.15, 0.2) is 10.9 Å². The molecule has 7 nitrogen and oxygen atoms in total. The van der Waals surface area contributed by atoms with Crippen molar-refractivity contribution in [1.82, 2.24) is 10.5 Å². The quantitative estimate of drug-likeness (QED) is 0.789. The first-order chi connectivity index (χ1) is 9.69. The van der Waals surface area contributed by atoms with Crippen LogP contribution in [0.2, 0.25) is 0 Å². The largest absolute Gasteiger partial charge is 0.459 e. The molecule has 2 heterocycles. The maximum atomic E-state index is 11.7. The summed E-state index contributed by atoms with van der Waals surface area (Å²) in [5.41, 5.74) is 2.83. The molecule has 0 unspecified atom stereocenters. The number of hydroxylamine groups is 1. The van der Waals surface area contributed by atoms with E-state index in [1.807, 2.05) is 0 Å². The standard InChI is InChI=1S/C12H13N3O4S/c1-2-19-15-10(16)6-8-7-20-12(13-8)14-11(17)9-4-3-5-18-9/h3-5,7H,2,6H2,1H3,(H,15,16)(H,13,14,17). The Labute approximate surface area is 118 Å². The van der Waals surface area contributed by atoms with E-state index < -0.39 is 0 Å². The Bertz CT molecular complexity index is 579. The number of thiazole rings is 1. The average molecular weight is 295 g/mol. The van der Waals surface area contributed by atoms with Crippen LogP contribution in [-0.4, -0.2) is 23.4 Å². The molecule has 0 saturated heterocycles. The fourth-order valence-electron chi connectivity index (χ4n) is 1.37. The second-order valence-corrected chi connectivity index (χ2v) is 4.57. The van der Waals surface area contributed by atoms with Gasteiger partial charge in [-0.3, -0.25) is 19.7 Å². The van der Waals surface area contributed by atoms with Gasteiger partial charge < -0.3 is 4.42 Å². The van der Waals surface area contributed by atoms with E-state index in [0.717, 1.165) is 0 Å². The summed E-state index contributed by atoms with van der Waals surface area (Å²) in [4.78, 5) is 32.0. The molecule has 0 atom stereocenters. The Morgan fingerprint density at radius 3 is 3.05 bits per heavy atom. The summed E-state index contributed by atoms with van der Waals surface area (Å²) in [5.74, 6) is -0.466. The minimum Gasteiger partial charge on any atom is -0.459 e. The Kier molecular flexibility index (Phi) is 4.85. The summed E-state index contributed by atoms with van der Waals surface area (Å²) in [7, 11) is 0. The number of anilines is 1. The zero-order valence-corrected chi connectivity index (χ0v) is 11.5. The highest BCUT2D eigenvalue weighted by Crippen LogP contribution is 2.17. The van der Waals surface area contributed by atoms with Crippen molar-refractivity contribution in [3.8, 4) is 0 Å². The van der Waals surface area contributed by atoms with Gasteiger partial charge in [-0.15, -0.1) is 11.3 Å². The van der Waals surface area contributed by atoms with Gasteiger partial charge in [0.05, 0.1) is 25.0 Å². The molecule has 2 aromatic heterocycles. The summed E-state index contributed by atoms with van der Waals surface area (Å²) in [6.07, 6.45) is 1.51. The molecule has 2 amide bonds. The first-order valence-electron chi connectivity index (χ1n) is 5.89. The van der Waals surface area contributed by atoms with Crippen molar-refractivity contribution in [2.24, 2.45) is 0 Å². The molecule has 0 fully saturated rings. The predicted octanol–water partition coefficient (Wildman–Crippen LogP) is 1.60. The van der Waals surface area contributed by atoms with Gasteiger partial charge in [-0.25, -0.2) is 10.5 Å². The number of carbonyl (C=O) groups excluding carboxylic acids is 2. The number of rotatable bonds is 6. The van der Waals surface area contributed by atoms with E-state index in [2.05, 4.69) is 15.8 Å². The van der Waals surface area contributed by atoms with Crippen molar-refractivity contribution in [2.45, 2.75) is 13.3 Å². The van der Waals surface area contributed by atoms with Crippen LogP contribution in [0, 0.1) is 0 Å². The Morgan fingerprint density at radius 1 is 1.50 bits per heavy atom. The zero-order valence-electron chi connectivity index (χ0n) is 10.7. The van der Waals surface area contributed by atoms with Crippen LogP contribution in [0.4, 0.5) is 5.13 Å². The van der Waals surface area contributed by atoms with Crippen LogP contribution in [0.3, 0.4) is 0 Å². The fourth-order valence-corrected chi connectivity index (χ4v) is 2.07. The van der Waals surface area contributed by atoms with E-state index in [0.29, 0.717) is 17.4 Å². The molecule has 0 saturated carbocycles. The van der Waals surface area contributed by atoms with Crippen molar-refractivity contribution < 1.29 is 18.8 Å². The van der Waals surface area contributed by atoms with Gasteiger partial charge in [-0.2, -0.15) is 0 Å². The summed E-state index contributed by atoms with van der Waals surface area (Å²) in [5, 5.41) is 4.70. The van der Waals surface area contributed by atoms with Crippen LogP contribution < -0.4 is 10.8 Å². The van der Waals surface area contributed by atoms with Crippen LogP contribution in [0.15, 0.2) is 28.2 Å². The molecule has 106 valence electrons. The third-order valence-corrected chi connectivity index (χ3v) is 3.00.